The monoisotopic (exact) mass is 373 g/mol. The zero-order valence-electron chi connectivity index (χ0n) is 13.7. The van der Waals surface area contributed by atoms with Gasteiger partial charge in [0.1, 0.15) is 0 Å². The molecule has 0 bridgehead atoms. The van der Waals surface area contributed by atoms with Crippen LogP contribution in [0.15, 0.2) is 58.1 Å². The molecule has 0 aliphatic heterocycles. The molecule has 1 aromatic carbocycles. The molecule has 0 spiro atoms. The first kappa shape index (κ1) is 17.5. The van der Waals surface area contributed by atoms with E-state index < -0.39 is 16.1 Å². The first-order valence-corrected chi connectivity index (χ1v) is 9.02. The third-order valence-corrected chi connectivity index (χ3v) is 4.68. The van der Waals surface area contributed by atoms with Gasteiger partial charge < -0.3 is 9.73 Å². The minimum atomic E-state index is -3.96. The van der Waals surface area contributed by atoms with Crippen molar-refractivity contribution >= 4 is 16.1 Å². The van der Waals surface area contributed by atoms with E-state index in [1.807, 2.05) is 11.6 Å². The van der Waals surface area contributed by atoms with Crippen LogP contribution in [0.2, 0.25) is 0 Å². The number of amides is 2. The molecule has 9 nitrogen and oxygen atoms in total. The summed E-state index contributed by atoms with van der Waals surface area (Å²) in [4.78, 5) is 15.8. The van der Waals surface area contributed by atoms with Gasteiger partial charge in [0.25, 0.3) is 10.0 Å². The summed E-state index contributed by atoms with van der Waals surface area (Å²) in [5.41, 5.74) is 1.55. The Bertz CT molecular complexity index is 1000. The number of urea groups is 1. The molecule has 0 radical (unpaired) electrons. The molecule has 0 atom stereocenters. The highest BCUT2D eigenvalue weighted by Gasteiger charge is 2.18. The first-order chi connectivity index (χ1) is 12.4. The van der Waals surface area contributed by atoms with Gasteiger partial charge in [-0.2, -0.15) is 0 Å². The molecular weight excluding hydrogens is 358 g/mol. The fourth-order valence-electron chi connectivity index (χ4n) is 2.02. The number of hydrogen-bond acceptors (Lipinski definition) is 7. The standard InChI is InChI=1S/C16H15N5O4S/c1-11-4-6-13(7-5-11)26(23,24)21-16(22)18-10-14-19-20-15(25-14)12-3-2-8-17-9-12/h2-9H,10H2,1H3,(H2,18,21,22). The lowest BCUT2D eigenvalue weighted by Crippen LogP contribution is -2.39. The molecular formula is C16H15N5O4S. The van der Waals surface area contributed by atoms with Crippen LogP contribution in [0.1, 0.15) is 11.5 Å². The maximum absolute atomic E-state index is 12.1. The number of hydrogen-bond donors (Lipinski definition) is 2. The Morgan fingerprint density at radius 1 is 1.15 bits per heavy atom. The Morgan fingerprint density at radius 3 is 2.62 bits per heavy atom. The van der Waals surface area contributed by atoms with E-state index in [-0.39, 0.29) is 23.2 Å². The zero-order valence-corrected chi connectivity index (χ0v) is 14.5. The van der Waals surface area contributed by atoms with Crippen LogP contribution in [0.4, 0.5) is 4.79 Å². The molecule has 2 N–H and O–H groups in total. The summed E-state index contributed by atoms with van der Waals surface area (Å²) < 4.78 is 31.6. The van der Waals surface area contributed by atoms with E-state index in [4.69, 9.17) is 4.42 Å². The number of sulfonamides is 1. The summed E-state index contributed by atoms with van der Waals surface area (Å²) in [5, 5.41) is 10.0. The Balaban J connectivity index is 1.59. The SMILES string of the molecule is Cc1ccc(S(=O)(=O)NC(=O)NCc2nnc(-c3cccnc3)o2)cc1. The third-order valence-electron chi connectivity index (χ3n) is 3.33. The Labute approximate surface area is 149 Å². The van der Waals surface area contributed by atoms with Gasteiger partial charge in [-0.1, -0.05) is 17.7 Å². The summed E-state index contributed by atoms with van der Waals surface area (Å²) in [6.45, 7) is 1.71. The van der Waals surface area contributed by atoms with Gasteiger partial charge in [0, 0.05) is 12.4 Å². The molecule has 0 aliphatic rings. The summed E-state index contributed by atoms with van der Waals surface area (Å²) in [7, 11) is -3.96. The number of aryl methyl sites for hydroxylation is 1. The predicted molar refractivity (Wildman–Crippen MR) is 91.3 cm³/mol. The van der Waals surface area contributed by atoms with Crippen molar-refractivity contribution in [3.05, 3.63) is 60.2 Å². The van der Waals surface area contributed by atoms with Gasteiger partial charge in [-0.3, -0.25) is 4.98 Å². The molecule has 2 aromatic heterocycles. The second kappa shape index (κ2) is 7.31. The highest BCUT2D eigenvalue weighted by molar-refractivity contribution is 7.90. The Hall–Kier alpha value is -3.27. The van der Waals surface area contributed by atoms with Crippen molar-refractivity contribution in [2.45, 2.75) is 18.4 Å². The van der Waals surface area contributed by atoms with Crippen molar-refractivity contribution < 1.29 is 17.6 Å². The highest BCUT2D eigenvalue weighted by Crippen LogP contribution is 2.15. The summed E-state index contributed by atoms with van der Waals surface area (Å²) in [5.74, 6) is 0.384. The van der Waals surface area contributed by atoms with Gasteiger partial charge >= 0.3 is 6.03 Å². The molecule has 0 saturated carbocycles. The average Bonchev–Trinajstić information content (AvgIpc) is 3.10. The van der Waals surface area contributed by atoms with Crippen molar-refractivity contribution in [2.24, 2.45) is 0 Å². The van der Waals surface area contributed by atoms with Crippen molar-refractivity contribution in [1.82, 2.24) is 25.2 Å². The van der Waals surface area contributed by atoms with Gasteiger partial charge in [-0.05, 0) is 31.2 Å². The summed E-state index contributed by atoms with van der Waals surface area (Å²) in [6, 6.07) is 8.70. The van der Waals surface area contributed by atoms with Crippen molar-refractivity contribution in [1.29, 1.82) is 0 Å². The topological polar surface area (TPSA) is 127 Å². The summed E-state index contributed by atoms with van der Waals surface area (Å²) >= 11 is 0. The molecule has 2 heterocycles. The van der Waals surface area contributed by atoms with Crippen LogP contribution in [0.25, 0.3) is 11.5 Å². The lowest BCUT2D eigenvalue weighted by atomic mass is 10.2. The van der Waals surface area contributed by atoms with Crippen LogP contribution in [-0.2, 0) is 16.6 Å². The minimum absolute atomic E-state index is 0.00472. The van der Waals surface area contributed by atoms with Crippen LogP contribution < -0.4 is 10.0 Å². The molecule has 0 fully saturated rings. The lowest BCUT2D eigenvalue weighted by Gasteiger charge is -2.07. The second-order valence-corrected chi connectivity index (χ2v) is 7.03. The number of pyridine rings is 1. The number of carbonyl (C=O) groups is 1. The molecule has 3 rings (SSSR count). The van der Waals surface area contributed by atoms with Crippen LogP contribution in [0, 0.1) is 6.92 Å². The molecule has 0 aliphatic carbocycles. The van der Waals surface area contributed by atoms with Gasteiger partial charge in [0.05, 0.1) is 17.0 Å². The smallest absolute Gasteiger partial charge is 0.329 e. The summed E-state index contributed by atoms with van der Waals surface area (Å²) in [6.07, 6.45) is 3.17. The zero-order chi connectivity index (χ0) is 18.6. The van der Waals surface area contributed by atoms with E-state index in [1.54, 1.807) is 36.7 Å². The van der Waals surface area contributed by atoms with Crippen molar-refractivity contribution in [3.8, 4) is 11.5 Å². The van der Waals surface area contributed by atoms with Gasteiger partial charge in [0.2, 0.25) is 11.8 Å². The largest absolute Gasteiger partial charge is 0.419 e. The maximum atomic E-state index is 12.1. The number of benzene rings is 1. The second-order valence-electron chi connectivity index (χ2n) is 5.34. The molecule has 0 saturated heterocycles. The highest BCUT2D eigenvalue weighted by atomic mass is 32.2. The van der Waals surface area contributed by atoms with E-state index in [0.717, 1.165) is 5.56 Å². The quantitative estimate of drug-likeness (QED) is 0.696. The number of rotatable bonds is 5. The minimum Gasteiger partial charge on any atom is -0.419 e. The van der Waals surface area contributed by atoms with E-state index in [2.05, 4.69) is 20.5 Å². The molecule has 3 aromatic rings. The van der Waals surface area contributed by atoms with Crippen LogP contribution in [-0.4, -0.2) is 29.6 Å². The van der Waals surface area contributed by atoms with Crippen molar-refractivity contribution in [3.63, 3.8) is 0 Å². The maximum Gasteiger partial charge on any atom is 0.329 e. The lowest BCUT2D eigenvalue weighted by molar-refractivity contribution is 0.244. The van der Waals surface area contributed by atoms with Gasteiger partial charge in [0.15, 0.2) is 0 Å². The number of carbonyl (C=O) groups excluding carboxylic acids is 1. The molecule has 10 heteroatoms. The van der Waals surface area contributed by atoms with Crippen molar-refractivity contribution in [2.75, 3.05) is 0 Å². The van der Waals surface area contributed by atoms with E-state index >= 15 is 0 Å². The van der Waals surface area contributed by atoms with Crippen LogP contribution in [0.3, 0.4) is 0 Å². The number of aromatic nitrogens is 3. The average molecular weight is 373 g/mol. The Kier molecular flexibility index (Phi) is 4.94. The Morgan fingerprint density at radius 2 is 1.92 bits per heavy atom. The van der Waals surface area contributed by atoms with E-state index in [0.29, 0.717) is 5.56 Å². The third kappa shape index (κ3) is 4.22. The first-order valence-electron chi connectivity index (χ1n) is 7.54. The van der Waals surface area contributed by atoms with E-state index in [1.165, 1.54) is 12.1 Å². The molecule has 134 valence electrons. The number of nitrogens with zero attached hydrogens (tertiary/aromatic N) is 3. The predicted octanol–water partition coefficient (Wildman–Crippen LogP) is 1.63. The molecule has 2 amide bonds. The van der Waals surface area contributed by atoms with Crippen LogP contribution >= 0.6 is 0 Å². The van der Waals surface area contributed by atoms with Crippen LogP contribution in [0.5, 0.6) is 0 Å². The molecule has 26 heavy (non-hydrogen) atoms. The molecule has 0 unspecified atom stereocenters. The van der Waals surface area contributed by atoms with Gasteiger partial charge in [-0.15, -0.1) is 10.2 Å². The fourth-order valence-corrected chi connectivity index (χ4v) is 2.95. The number of nitrogens with one attached hydrogen (secondary N) is 2. The normalized spacial score (nSPS) is 11.1. The van der Waals surface area contributed by atoms with E-state index in [9.17, 15) is 13.2 Å². The fraction of sp³-hybridized carbons (Fsp3) is 0.125. The van der Waals surface area contributed by atoms with Gasteiger partial charge in [-0.25, -0.2) is 17.9 Å².